The molecule has 0 heterocycles. The van der Waals surface area contributed by atoms with Gasteiger partial charge in [-0.3, -0.25) is 4.79 Å². The van der Waals surface area contributed by atoms with Gasteiger partial charge in [-0.05, 0) is 29.8 Å². The number of halogens is 1. The van der Waals surface area contributed by atoms with Crippen LogP contribution in [0.1, 0.15) is 5.56 Å². The second-order valence-electron chi connectivity index (χ2n) is 2.09. The lowest BCUT2D eigenvalue weighted by Crippen LogP contribution is -2.00. The molecule has 0 saturated carbocycles. The second-order valence-corrected chi connectivity index (χ2v) is 2.43. The molecule has 0 aliphatic rings. The third-order valence-corrected chi connectivity index (χ3v) is 1.33. The fraction of sp³-hybridized carbons (Fsp3) is 0. The van der Waals surface area contributed by atoms with Crippen LogP contribution < -0.4 is 5.32 Å². The van der Waals surface area contributed by atoms with Crippen molar-refractivity contribution < 1.29 is 4.79 Å². The molecule has 0 atom stereocenters. The zero-order valence-corrected chi connectivity index (χ0v) is 6.80. The lowest BCUT2D eigenvalue weighted by Gasteiger charge is -1.98. The van der Waals surface area contributed by atoms with Gasteiger partial charge in [0, 0.05) is 5.69 Å². The third kappa shape index (κ3) is 2.26. The topological polar surface area (TPSA) is 52.9 Å². The summed E-state index contributed by atoms with van der Waals surface area (Å²) in [6.07, 6.45) is 0. The Balaban J connectivity index is 2.88. The first-order valence-corrected chi connectivity index (χ1v) is 3.57. The molecule has 0 aromatic heterocycles. The Morgan fingerprint density at radius 1 is 1.58 bits per heavy atom. The highest BCUT2D eigenvalue weighted by molar-refractivity contribution is 6.65. The average Bonchev–Trinajstić information content (AvgIpc) is 2.03. The van der Waals surface area contributed by atoms with Crippen molar-refractivity contribution in [2.75, 3.05) is 5.32 Å². The summed E-state index contributed by atoms with van der Waals surface area (Å²) in [7, 11) is 0. The van der Waals surface area contributed by atoms with Crippen molar-refractivity contribution in [3.63, 3.8) is 0 Å². The number of rotatable bonds is 1. The summed E-state index contributed by atoms with van der Waals surface area (Å²) in [5.41, 5.74) is 1.01. The number of hydrogen-bond donors (Lipinski definition) is 1. The Labute approximate surface area is 74.6 Å². The molecule has 12 heavy (non-hydrogen) atoms. The molecule has 4 heteroatoms. The smallest absolute Gasteiger partial charge is 0.312 e. The van der Waals surface area contributed by atoms with E-state index in [0.29, 0.717) is 11.3 Å². The van der Waals surface area contributed by atoms with Crippen LogP contribution in [0, 0.1) is 11.3 Å². The normalized spacial score (nSPS) is 8.67. The van der Waals surface area contributed by atoms with Crippen LogP contribution in [0.3, 0.4) is 0 Å². The van der Waals surface area contributed by atoms with Crippen LogP contribution >= 0.6 is 11.6 Å². The maximum absolute atomic E-state index is 10.4. The van der Waals surface area contributed by atoms with Crippen LogP contribution in [-0.2, 0) is 0 Å². The van der Waals surface area contributed by atoms with Gasteiger partial charge in [0.1, 0.15) is 0 Å². The van der Waals surface area contributed by atoms with Crippen molar-refractivity contribution in [2.45, 2.75) is 0 Å². The average molecular weight is 181 g/mol. The number of carbonyl (C=O) groups is 1. The van der Waals surface area contributed by atoms with Crippen molar-refractivity contribution >= 4 is 22.7 Å². The fourth-order valence-electron chi connectivity index (χ4n) is 0.780. The molecule has 3 nitrogen and oxygen atoms in total. The van der Waals surface area contributed by atoms with Crippen LogP contribution in [0.2, 0.25) is 0 Å². The van der Waals surface area contributed by atoms with Crippen molar-refractivity contribution in [1.29, 1.82) is 5.26 Å². The summed E-state index contributed by atoms with van der Waals surface area (Å²) < 4.78 is 0. The Morgan fingerprint density at radius 2 is 2.33 bits per heavy atom. The Bertz CT molecular complexity index is 343. The van der Waals surface area contributed by atoms with E-state index in [0.717, 1.165) is 0 Å². The molecule has 1 aromatic carbocycles. The third-order valence-electron chi connectivity index (χ3n) is 1.23. The minimum atomic E-state index is -0.662. The summed E-state index contributed by atoms with van der Waals surface area (Å²) in [6.45, 7) is 0. The van der Waals surface area contributed by atoms with E-state index in [1.165, 1.54) is 0 Å². The van der Waals surface area contributed by atoms with Gasteiger partial charge in [0.15, 0.2) is 0 Å². The number of anilines is 1. The van der Waals surface area contributed by atoms with Gasteiger partial charge in [-0.15, -0.1) is 0 Å². The first kappa shape index (κ1) is 8.57. The molecule has 1 N–H and O–H groups in total. The minimum Gasteiger partial charge on any atom is -0.312 e. The van der Waals surface area contributed by atoms with E-state index >= 15 is 0 Å². The lowest BCUT2D eigenvalue weighted by atomic mass is 10.2. The van der Waals surface area contributed by atoms with Gasteiger partial charge in [0.25, 0.3) is 0 Å². The van der Waals surface area contributed by atoms with Gasteiger partial charge in [0.05, 0.1) is 11.6 Å². The number of nitrogens with one attached hydrogen (secondary N) is 1. The Hall–Kier alpha value is -1.53. The summed E-state index contributed by atoms with van der Waals surface area (Å²) in [6, 6.07) is 8.45. The van der Waals surface area contributed by atoms with Crippen LogP contribution in [0.4, 0.5) is 10.5 Å². The number of nitriles is 1. The van der Waals surface area contributed by atoms with E-state index in [-0.39, 0.29) is 0 Å². The van der Waals surface area contributed by atoms with Crippen LogP contribution in [0.5, 0.6) is 0 Å². The van der Waals surface area contributed by atoms with E-state index in [9.17, 15) is 4.79 Å². The lowest BCUT2D eigenvalue weighted by molar-refractivity contribution is 0.269. The zero-order valence-electron chi connectivity index (χ0n) is 6.04. The highest BCUT2D eigenvalue weighted by atomic mass is 35.5. The number of hydrogen-bond acceptors (Lipinski definition) is 2. The number of nitrogens with zero attached hydrogens (tertiary/aromatic N) is 1. The summed E-state index contributed by atoms with van der Waals surface area (Å²) in [4.78, 5) is 10.4. The number of carbonyl (C=O) groups excluding carboxylic acids is 1. The quantitative estimate of drug-likeness (QED) is 0.533. The van der Waals surface area contributed by atoms with Crippen molar-refractivity contribution in [1.82, 2.24) is 0 Å². The van der Waals surface area contributed by atoms with Gasteiger partial charge in [-0.1, -0.05) is 6.07 Å². The molecular weight excluding hydrogens is 176 g/mol. The highest BCUT2D eigenvalue weighted by Gasteiger charge is 1.97. The van der Waals surface area contributed by atoms with E-state index in [1.807, 2.05) is 6.07 Å². The molecule has 0 aliphatic carbocycles. The van der Waals surface area contributed by atoms with Gasteiger partial charge < -0.3 is 5.32 Å². The van der Waals surface area contributed by atoms with E-state index in [2.05, 4.69) is 5.32 Å². The van der Waals surface area contributed by atoms with Gasteiger partial charge in [-0.25, -0.2) is 0 Å². The molecule has 1 rings (SSSR count). The molecule has 0 unspecified atom stereocenters. The first-order chi connectivity index (χ1) is 5.72. The summed E-state index contributed by atoms with van der Waals surface area (Å²) in [5, 5.41) is 10.2. The van der Waals surface area contributed by atoms with Crippen molar-refractivity contribution in [2.24, 2.45) is 0 Å². The number of amides is 1. The largest absolute Gasteiger partial charge is 0.318 e. The molecule has 1 aromatic rings. The molecule has 0 aliphatic heterocycles. The van der Waals surface area contributed by atoms with Crippen molar-refractivity contribution in [3.05, 3.63) is 29.8 Å². The zero-order chi connectivity index (χ0) is 8.97. The van der Waals surface area contributed by atoms with E-state index in [4.69, 9.17) is 16.9 Å². The first-order valence-electron chi connectivity index (χ1n) is 3.19. The van der Waals surface area contributed by atoms with E-state index < -0.39 is 5.37 Å². The molecule has 0 radical (unpaired) electrons. The summed E-state index contributed by atoms with van der Waals surface area (Å²) >= 11 is 5.07. The Kier molecular flexibility index (Phi) is 2.67. The Morgan fingerprint density at radius 3 is 2.92 bits per heavy atom. The highest BCUT2D eigenvalue weighted by Crippen LogP contribution is 2.09. The van der Waals surface area contributed by atoms with E-state index in [1.54, 1.807) is 24.3 Å². The SMILES string of the molecule is N#Cc1cccc(NC(=O)Cl)c1. The molecule has 1 amide bonds. The standard InChI is InChI=1S/C8H5ClN2O/c9-8(12)11-7-3-1-2-6(4-7)5-10/h1-4H,(H,11,12). The predicted molar refractivity (Wildman–Crippen MR) is 46.0 cm³/mol. The predicted octanol–water partition coefficient (Wildman–Crippen LogP) is 2.33. The second kappa shape index (κ2) is 3.74. The molecule has 0 fully saturated rings. The maximum atomic E-state index is 10.4. The van der Waals surface area contributed by atoms with Crippen LogP contribution in [0.25, 0.3) is 0 Å². The fourth-order valence-corrected chi connectivity index (χ4v) is 0.889. The van der Waals surface area contributed by atoms with Crippen molar-refractivity contribution in [3.8, 4) is 6.07 Å². The monoisotopic (exact) mass is 180 g/mol. The molecule has 0 saturated heterocycles. The maximum Gasteiger partial charge on any atom is 0.318 e. The molecule has 0 spiro atoms. The summed E-state index contributed by atoms with van der Waals surface area (Å²) in [5.74, 6) is 0. The van der Waals surface area contributed by atoms with Gasteiger partial charge >= 0.3 is 5.37 Å². The molecule has 0 bridgehead atoms. The molecule has 60 valence electrons. The minimum absolute atomic E-state index is 0.484. The van der Waals surface area contributed by atoms with Crippen LogP contribution in [0.15, 0.2) is 24.3 Å². The molecular formula is C8H5ClN2O. The van der Waals surface area contributed by atoms with Crippen LogP contribution in [-0.4, -0.2) is 5.37 Å². The number of benzene rings is 1. The van der Waals surface area contributed by atoms with Gasteiger partial charge in [0.2, 0.25) is 0 Å². The van der Waals surface area contributed by atoms with Gasteiger partial charge in [-0.2, -0.15) is 5.26 Å².